The smallest absolute Gasteiger partial charge is 0.335 e. The number of ether oxygens (including phenoxy) is 1. The number of amides is 1. The molecule has 1 atom stereocenters. The van der Waals surface area contributed by atoms with Crippen LogP contribution in [0.15, 0.2) is 114 Å². The van der Waals surface area contributed by atoms with Crippen molar-refractivity contribution in [1.29, 1.82) is 0 Å². The van der Waals surface area contributed by atoms with Gasteiger partial charge >= 0.3 is 5.97 Å². The summed E-state index contributed by atoms with van der Waals surface area (Å²) < 4.78 is 7.23. The second-order valence-corrected chi connectivity index (χ2v) is 10.5. The van der Waals surface area contributed by atoms with E-state index in [0.717, 1.165) is 45.0 Å². The molecule has 0 radical (unpaired) electrons. The summed E-state index contributed by atoms with van der Waals surface area (Å²) in [5.41, 5.74) is 6.69. The molecule has 1 N–H and O–H groups in total. The lowest BCUT2D eigenvalue weighted by Gasteiger charge is -2.22. The Morgan fingerprint density at radius 2 is 1.58 bits per heavy atom. The van der Waals surface area contributed by atoms with Gasteiger partial charge < -0.3 is 9.84 Å². The van der Waals surface area contributed by atoms with E-state index < -0.39 is 12.0 Å². The number of nitrogens with zero attached hydrogens (tertiary/aromatic N) is 4. The number of aromatic carboxylic acids is 1. The highest BCUT2D eigenvalue weighted by molar-refractivity contribution is 6.05. The zero-order valence-electron chi connectivity index (χ0n) is 23.8. The minimum atomic E-state index is -1.10. The molecule has 214 valence electrons. The summed E-state index contributed by atoms with van der Waals surface area (Å²) in [6.45, 7) is 2.60. The Hall–Kier alpha value is -5.50. The van der Waals surface area contributed by atoms with Crippen LogP contribution in [0.5, 0.6) is 5.75 Å². The van der Waals surface area contributed by atoms with Gasteiger partial charge in [-0.05, 0) is 60.5 Å². The zero-order valence-corrected chi connectivity index (χ0v) is 23.8. The Morgan fingerprint density at radius 3 is 2.28 bits per heavy atom. The second-order valence-electron chi connectivity index (χ2n) is 10.5. The Morgan fingerprint density at radius 1 is 0.884 bits per heavy atom. The monoisotopic (exact) mass is 570 g/mol. The first kappa shape index (κ1) is 27.7. The summed E-state index contributed by atoms with van der Waals surface area (Å²) in [4.78, 5) is 25.7. The average molecular weight is 571 g/mol. The van der Waals surface area contributed by atoms with E-state index in [1.165, 1.54) is 17.1 Å². The van der Waals surface area contributed by atoms with Crippen LogP contribution in [0, 0.1) is 6.92 Å². The maximum atomic E-state index is 14.1. The molecule has 0 fully saturated rings. The van der Waals surface area contributed by atoms with Gasteiger partial charge in [0.25, 0.3) is 5.91 Å². The topological polar surface area (TPSA) is 97.0 Å². The normalized spacial score (nSPS) is 14.4. The van der Waals surface area contributed by atoms with Crippen molar-refractivity contribution in [2.75, 3.05) is 7.11 Å². The van der Waals surface area contributed by atoms with E-state index in [1.54, 1.807) is 19.2 Å². The fourth-order valence-electron chi connectivity index (χ4n) is 5.28. The van der Waals surface area contributed by atoms with Gasteiger partial charge in [0.1, 0.15) is 5.75 Å². The van der Waals surface area contributed by atoms with Crippen LogP contribution >= 0.6 is 0 Å². The SMILES string of the molecule is COc1ccc(C2=NN(C(=O)c3cccc(C(=O)O)c3)C(c3cn(Cc4ccccc4)nc3-c3ccc(C)cc3)C2)cc1. The molecule has 1 aliphatic heterocycles. The van der Waals surface area contributed by atoms with Crippen LogP contribution in [0.1, 0.15) is 55.4 Å². The Labute approximate surface area is 249 Å². The number of hydrogen-bond donors (Lipinski definition) is 1. The Balaban J connectivity index is 1.46. The summed E-state index contributed by atoms with van der Waals surface area (Å²) >= 11 is 0. The van der Waals surface area contributed by atoms with E-state index in [1.807, 2.05) is 84.5 Å². The molecule has 1 amide bonds. The first-order chi connectivity index (χ1) is 20.9. The van der Waals surface area contributed by atoms with E-state index in [4.69, 9.17) is 14.9 Å². The van der Waals surface area contributed by atoms with Gasteiger partial charge in [0.15, 0.2) is 0 Å². The van der Waals surface area contributed by atoms with Crippen LogP contribution in [0.2, 0.25) is 0 Å². The molecule has 0 saturated heterocycles. The van der Waals surface area contributed by atoms with Crippen molar-refractivity contribution in [2.45, 2.75) is 25.9 Å². The summed E-state index contributed by atoms with van der Waals surface area (Å²) in [5, 5.41) is 20.9. The third-order valence-electron chi connectivity index (χ3n) is 7.56. The number of benzene rings is 4. The maximum absolute atomic E-state index is 14.1. The number of hydrogen-bond acceptors (Lipinski definition) is 5. The molecule has 4 aromatic carbocycles. The molecule has 5 aromatic rings. The minimum absolute atomic E-state index is 0.0389. The third kappa shape index (κ3) is 5.81. The largest absolute Gasteiger partial charge is 0.497 e. The maximum Gasteiger partial charge on any atom is 0.335 e. The van der Waals surface area contributed by atoms with Crippen molar-refractivity contribution >= 4 is 17.6 Å². The fourth-order valence-corrected chi connectivity index (χ4v) is 5.28. The minimum Gasteiger partial charge on any atom is -0.497 e. The van der Waals surface area contributed by atoms with Crippen molar-refractivity contribution in [2.24, 2.45) is 5.10 Å². The Kier molecular flexibility index (Phi) is 7.57. The van der Waals surface area contributed by atoms with Gasteiger partial charge in [0.2, 0.25) is 0 Å². The lowest BCUT2D eigenvalue weighted by molar-refractivity contribution is 0.0697. The summed E-state index contributed by atoms with van der Waals surface area (Å²) in [5.74, 6) is -0.762. The molecule has 43 heavy (non-hydrogen) atoms. The average Bonchev–Trinajstić information content (AvgIpc) is 3.66. The standard InChI is InChI=1S/C35H30N4O4/c1-23-11-13-26(14-12-23)33-30(22-38(37-33)21-24-7-4-3-5-8-24)32-20-31(25-15-17-29(43-2)18-16-25)36-39(32)34(40)27-9-6-10-28(19-27)35(41)42/h3-19,22,32H,20-21H2,1-2H3,(H,41,42). The third-order valence-corrected chi connectivity index (χ3v) is 7.56. The molecule has 0 aliphatic carbocycles. The molecule has 8 nitrogen and oxygen atoms in total. The lowest BCUT2D eigenvalue weighted by atomic mass is 9.95. The first-order valence-corrected chi connectivity index (χ1v) is 14.0. The quantitative estimate of drug-likeness (QED) is 0.227. The van der Waals surface area contributed by atoms with Crippen molar-refractivity contribution < 1.29 is 19.4 Å². The number of methoxy groups -OCH3 is 1. The first-order valence-electron chi connectivity index (χ1n) is 14.0. The van der Waals surface area contributed by atoms with Crippen molar-refractivity contribution in [1.82, 2.24) is 14.8 Å². The van der Waals surface area contributed by atoms with E-state index in [9.17, 15) is 14.7 Å². The van der Waals surface area contributed by atoms with Crippen molar-refractivity contribution in [3.8, 4) is 17.0 Å². The van der Waals surface area contributed by atoms with Gasteiger partial charge in [-0.15, -0.1) is 0 Å². The number of aromatic nitrogens is 2. The van der Waals surface area contributed by atoms with Gasteiger partial charge in [-0.3, -0.25) is 9.48 Å². The fraction of sp³-hybridized carbons (Fsp3) is 0.143. The predicted octanol–water partition coefficient (Wildman–Crippen LogP) is 6.61. The van der Waals surface area contributed by atoms with Crippen LogP contribution in [-0.4, -0.2) is 44.6 Å². The van der Waals surface area contributed by atoms with Gasteiger partial charge in [-0.25, -0.2) is 9.80 Å². The van der Waals surface area contributed by atoms with E-state index in [2.05, 4.69) is 12.1 Å². The second kappa shape index (κ2) is 11.8. The number of rotatable bonds is 8. The molecule has 0 saturated carbocycles. The number of carbonyl (C=O) groups is 2. The van der Waals surface area contributed by atoms with Crippen LogP contribution in [0.4, 0.5) is 0 Å². The predicted molar refractivity (Wildman–Crippen MR) is 164 cm³/mol. The van der Waals surface area contributed by atoms with E-state index in [-0.39, 0.29) is 17.0 Å². The number of aryl methyl sites for hydroxylation is 1. The number of hydrazone groups is 1. The number of carboxylic acid groups (broad SMARTS) is 1. The summed E-state index contributed by atoms with van der Waals surface area (Å²) in [6, 6.07) is 31.4. The Bertz CT molecular complexity index is 1810. The molecular weight excluding hydrogens is 540 g/mol. The molecule has 0 bridgehead atoms. The highest BCUT2D eigenvalue weighted by Gasteiger charge is 2.36. The van der Waals surface area contributed by atoms with Gasteiger partial charge in [-0.2, -0.15) is 10.2 Å². The molecule has 6 rings (SSSR count). The van der Waals surface area contributed by atoms with Crippen LogP contribution in [-0.2, 0) is 6.54 Å². The number of carbonyl (C=O) groups excluding carboxylic acids is 1. The summed E-state index contributed by atoms with van der Waals surface area (Å²) in [7, 11) is 1.61. The number of carboxylic acids is 1. The molecule has 1 unspecified atom stereocenters. The van der Waals surface area contributed by atoms with E-state index in [0.29, 0.717) is 13.0 Å². The molecule has 1 aliphatic rings. The van der Waals surface area contributed by atoms with Gasteiger partial charge in [-0.1, -0.05) is 66.2 Å². The highest BCUT2D eigenvalue weighted by atomic mass is 16.5. The van der Waals surface area contributed by atoms with Crippen LogP contribution in [0.3, 0.4) is 0 Å². The molecule has 2 heterocycles. The van der Waals surface area contributed by atoms with Gasteiger partial charge in [0, 0.05) is 29.3 Å². The molecular formula is C35H30N4O4. The molecule has 1 aromatic heterocycles. The van der Waals surface area contributed by atoms with Crippen LogP contribution < -0.4 is 4.74 Å². The summed E-state index contributed by atoms with van der Waals surface area (Å²) in [6.07, 6.45) is 2.44. The van der Waals surface area contributed by atoms with Crippen LogP contribution in [0.25, 0.3) is 11.3 Å². The molecule has 0 spiro atoms. The lowest BCUT2D eigenvalue weighted by Crippen LogP contribution is -2.27. The van der Waals surface area contributed by atoms with Crippen molar-refractivity contribution in [3.63, 3.8) is 0 Å². The molecule has 8 heteroatoms. The highest BCUT2D eigenvalue weighted by Crippen LogP contribution is 2.39. The van der Waals surface area contributed by atoms with Crippen molar-refractivity contribution in [3.05, 3.63) is 143 Å². The van der Waals surface area contributed by atoms with Gasteiger partial charge in [0.05, 0.1) is 36.7 Å². The van der Waals surface area contributed by atoms with E-state index >= 15 is 0 Å². The zero-order chi connectivity index (χ0) is 29.9.